The van der Waals surface area contributed by atoms with Crippen LogP contribution in [0, 0.1) is 6.92 Å². The second kappa shape index (κ2) is 6.70. The molecule has 5 heteroatoms. The third kappa shape index (κ3) is 5.03. The Morgan fingerprint density at radius 1 is 1.26 bits per heavy atom. The van der Waals surface area contributed by atoms with Crippen molar-refractivity contribution in [3.63, 3.8) is 0 Å². The van der Waals surface area contributed by atoms with E-state index in [0.29, 0.717) is 18.5 Å². The Labute approximate surface area is 115 Å². The molecule has 0 aliphatic heterocycles. The molecule has 0 bridgehead atoms. The van der Waals surface area contributed by atoms with Crippen molar-refractivity contribution in [1.29, 1.82) is 0 Å². The Hall–Kier alpha value is -1.36. The maximum Gasteiger partial charge on any atom is 0.320 e. The molecule has 0 fully saturated rings. The zero-order valence-corrected chi connectivity index (χ0v) is 12.6. The van der Waals surface area contributed by atoms with Gasteiger partial charge in [-0.3, -0.25) is 0 Å². The fourth-order valence-corrected chi connectivity index (χ4v) is 1.54. The Balaban J connectivity index is 2.75. The van der Waals surface area contributed by atoms with Gasteiger partial charge in [0.1, 0.15) is 6.61 Å². The first-order valence-electron chi connectivity index (χ1n) is 6.82. The van der Waals surface area contributed by atoms with Crippen LogP contribution in [0.5, 0.6) is 11.9 Å². The third-order valence-corrected chi connectivity index (χ3v) is 3.06. The van der Waals surface area contributed by atoms with Crippen LogP contribution < -0.4 is 15.2 Å². The molecule has 0 saturated carbocycles. The summed E-state index contributed by atoms with van der Waals surface area (Å²) in [5.41, 5.74) is 6.68. The Kier molecular flexibility index (Phi) is 5.54. The van der Waals surface area contributed by atoms with Gasteiger partial charge in [0.05, 0.1) is 6.10 Å². The topological polar surface area (TPSA) is 70.3 Å². The van der Waals surface area contributed by atoms with Crippen LogP contribution in [0.4, 0.5) is 0 Å². The monoisotopic (exact) mass is 267 g/mol. The van der Waals surface area contributed by atoms with Crippen LogP contribution >= 0.6 is 0 Å². The number of nitrogens with zero attached hydrogens (tertiary/aromatic N) is 2. The maximum absolute atomic E-state index is 6.19. The number of aromatic nitrogens is 2. The normalized spacial score (nSPS) is 11.7. The minimum atomic E-state index is -0.327. The van der Waals surface area contributed by atoms with E-state index in [1.165, 1.54) is 0 Å². The zero-order valence-electron chi connectivity index (χ0n) is 12.6. The van der Waals surface area contributed by atoms with Gasteiger partial charge in [-0.1, -0.05) is 13.8 Å². The average molecular weight is 267 g/mol. The minimum Gasteiger partial charge on any atom is -0.475 e. The molecule has 2 N–H and O–H groups in total. The van der Waals surface area contributed by atoms with Crippen molar-refractivity contribution in [1.82, 2.24) is 9.97 Å². The van der Waals surface area contributed by atoms with Gasteiger partial charge in [-0.15, -0.1) is 0 Å². The van der Waals surface area contributed by atoms with Crippen LogP contribution in [0.3, 0.4) is 0 Å². The van der Waals surface area contributed by atoms with Gasteiger partial charge in [0.2, 0.25) is 5.88 Å². The highest BCUT2D eigenvalue weighted by atomic mass is 16.5. The lowest BCUT2D eigenvalue weighted by molar-refractivity contribution is 0.185. The highest BCUT2D eigenvalue weighted by molar-refractivity contribution is 5.17. The SMILES string of the molecule is CCC(N)(CC)COc1nc(C)cc(OC(C)C)n1. The molecule has 0 aromatic carbocycles. The molecular formula is C14H25N3O2. The van der Waals surface area contributed by atoms with E-state index in [1.54, 1.807) is 6.07 Å². The Morgan fingerprint density at radius 3 is 2.42 bits per heavy atom. The molecule has 0 spiro atoms. The average Bonchev–Trinajstić information content (AvgIpc) is 2.34. The number of aryl methyl sites for hydroxylation is 1. The van der Waals surface area contributed by atoms with Gasteiger partial charge in [0.15, 0.2) is 0 Å². The lowest BCUT2D eigenvalue weighted by Gasteiger charge is -2.25. The van der Waals surface area contributed by atoms with E-state index < -0.39 is 0 Å². The number of nitrogens with two attached hydrogens (primary N) is 1. The molecule has 19 heavy (non-hydrogen) atoms. The summed E-state index contributed by atoms with van der Waals surface area (Å²) in [4.78, 5) is 8.48. The molecule has 0 aliphatic rings. The summed E-state index contributed by atoms with van der Waals surface area (Å²) in [6, 6.07) is 2.12. The van der Waals surface area contributed by atoms with Crippen LogP contribution in [-0.4, -0.2) is 28.2 Å². The molecule has 0 radical (unpaired) electrons. The second-order valence-corrected chi connectivity index (χ2v) is 5.15. The van der Waals surface area contributed by atoms with E-state index in [-0.39, 0.29) is 11.6 Å². The molecule has 1 heterocycles. The zero-order chi connectivity index (χ0) is 14.5. The van der Waals surface area contributed by atoms with Gasteiger partial charge >= 0.3 is 6.01 Å². The van der Waals surface area contributed by atoms with Crippen LogP contribution in [0.15, 0.2) is 6.07 Å². The quantitative estimate of drug-likeness (QED) is 0.821. The van der Waals surface area contributed by atoms with Crippen molar-refractivity contribution in [2.24, 2.45) is 5.73 Å². The van der Waals surface area contributed by atoms with E-state index in [0.717, 1.165) is 18.5 Å². The highest BCUT2D eigenvalue weighted by Gasteiger charge is 2.22. The van der Waals surface area contributed by atoms with E-state index in [1.807, 2.05) is 20.8 Å². The first-order valence-corrected chi connectivity index (χ1v) is 6.82. The molecule has 0 saturated heterocycles. The molecule has 1 rings (SSSR count). The summed E-state index contributed by atoms with van der Waals surface area (Å²) >= 11 is 0. The van der Waals surface area contributed by atoms with E-state index in [2.05, 4.69) is 23.8 Å². The van der Waals surface area contributed by atoms with Gasteiger partial charge in [-0.05, 0) is 33.6 Å². The van der Waals surface area contributed by atoms with Gasteiger partial charge < -0.3 is 15.2 Å². The number of rotatable bonds is 7. The van der Waals surface area contributed by atoms with E-state index >= 15 is 0 Å². The van der Waals surface area contributed by atoms with Crippen LogP contribution in [0.25, 0.3) is 0 Å². The molecular weight excluding hydrogens is 242 g/mol. The summed E-state index contributed by atoms with van der Waals surface area (Å²) in [5, 5.41) is 0. The molecule has 108 valence electrons. The predicted molar refractivity (Wildman–Crippen MR) is 75.5 cm³/mol. The first kappa shape index (κ1) is 15.7. The molecule has 1 aromatic rings. The number of ether oxygens (including phenoxy) is 2. The maximum atomic E-state index is 6.19. The molecule has 0 aliphatic carbocycles. The van der Waals surface area contributed by atoms with E-state index in [9.17, 15) is 0 Å². The first-order chi connectivity index (χ1) is 8.88. The minimum absolute atomic E-state index is 0.0713. The standard InChI is InChI=1S/C14H25N3O2/c1-6-14(15,7-2)9-18-13-16-11(5)8-12(17-13)19-10(3)4/h8,10H,6-7,9,15H2,1-5H3. The lowest BCUT2D eigenvalue weighted by atomic mass is 9.96. The van der Waals surface area contributed by atoms with Crippen molar-refractivity contribution in [2.75, 3.05) is 6.61 Å². The third-order valence-electron chi connectivity index (χ3n) is 3.06. The van der Waals surface area contributed by atoms with Crippen molar-refractivity contribution >= 4 is 0 Å². The summed E-state index contributed by atoms with van der Waals surface area (Å²) in [6.07, 6.45) is 1.78. The summed E-state index contributed by atoms with van der Waals surface area (Å²) in [5.74, 6) is 0.535. The van der Waals surface area contributed by atoms with Gasteiger partial charge in [-0.2, -0.15) is 4.98 Å². The fraction of sp³-hybridized carbons (Fsp3) is 0.714. The molecule has 0 amide bonds. The van der Waals surface area contributed by atoms with Crippen molar-refractivity contribution in [3.8, 4) is 11.9 Å². The molecule has 5 nitrogen and oxygen atoms in total. The molecule has 1 aromatic heterocycles. The number of hydrogen-bond donors (Lipinski definition) is 1. The van der Waals surface area contributed by atoms with Crippen LogP contribution in [0.1, 0.15) is 46.2 Å². The van der Waals surface area contributed by atoms with Crippen LogP contribution in [-0.2, 0) is 0 Å². The second-order valence-electron chi connectivity index (χ2n) is 5.15. The van der Waals surface area contributed by atoms with E-state index in [4.69, 9.17) is 15.2 Å². The number of hydrogen-bond acceptors (Lipinski definition) is 5. The van der Waals surface area contributed by atoms with Crippen molar-refractivity contribution in [2.45, 2.75) is 59.1 Å². The predicted octanol–water partition coefficient (Wildman–Crippen LogP) is 2.47. The summed E-state index contributed by atoms with van der Waals surface area (Å²) in [7, 11) is 0. The Bertz CT molecular complexity index is 404. The smallest absolute Gasteiger partial charge is 0.320 e. The highest BCUT2D eigenvalue weighted by Crippen LogP contribution is 2.17. The van der Waals surface area contributed by atoms with Gasteiger partial charge in [-0.25, -0.2) is 4.98 Å². The fourth-order valence-electron chi connectivity index (χ4n) is 1.54. The van der Waals surface area contributed by atoms with Gasteiger partial charge in [0.25, 0.3) is 0 Å². The van der Waals surface area contributed by atoms with Crippen LogP contribution in [0.2, 0.25) is 0 Å². The summed E-state index contributed by atoms with van der Waals surface area (Å²) < 4.78 is 11.2. The summed E-state index contributed by atoms with van der Waals surface area (Å²) in [6.45, 7) is 10.3. The largest absolute Gasteiger partial charge is 0.475 e. The molecule has 0 unspecified atom stereocenters. The Morgan fingerprint density at radius 2 is 1.89 bits per heavy atom. The van der Waals surface area contributed by atoms with Crippen molar-refractivity contribution in [3.05, 3.63) is 11.8 Å². The lowest BCUT2D eigenvalue weighted by Crippen LogP contribution is -2.44. The van der Waals surface area contributed by atoms with Crippen molar-refractivity contribution < 1.29 is 9.47 Å². The molecule has 0 atom stereocenters. The van der Waals surface area contributed by atoms with Gasteiger partial charge in [0, 0.05) is 17.3 Å².